The summed E-state index contributed by atoms with van der Waals surface area (Å²) in [5, 5.41) is 10.1. The van der Waals surface area contributed by atoms with Gasteiger partial charge in [0.1, 0.15) is 0 Å². The van der Waals surface area contributed by atoms with E-state index in [1.165, 1.54) is 19.4 Å². The minimum atomic E-state index is -0.0120. The third-order valence-corrected chi connectivity index (χ3v) is 4.13. The van der Waals surface area contributed by atoms with Crippen LogP contribution in [0, 0.1) is 0 Å². The Hall–Kier alpha value is -0.770. The third kappa shape index (κ3) is 2.79. The van der Waals surface area contributed by atoms with E-state index in [9.17, 15) is 5.11 Å². The number of rotatable bonds is 3. The van der Waals surface area contributed by atoms with Crippen molar-refractivity contribution in [2.24, 2.45) is 0 Å². The molecule has 1 fully saturated rings. The minimum absolute atomic E-state index is 0.0120. The first-order chi connectivity index (χ1) is 8.63. The first-order valence-electron chi connectivity index (χ1n) is 6.43. The lowest BCUT2D eigenvalue weighted by Gasteiger charge is -2.38. The number of likely N-dealkylation sites (N-methyl/N-ethyl adjacent to an activating group) is 2. The molecule has 0 aromatic heterocycles. The molecule has 0 saturated carbocycles. The van der Waals surface area contributed by atoms with E-state index < -0.39 is 0 Å². The number of hydrogen-bond acceptors (Lipinski definition) is 3. The highest BCUT2D eigenvalue weighted by atomic mass is 35.5. The predicted octanol–water partition coefficient (Wildman–Crippen LogP) is 2.36. The highest BCUT2D eigenvalue weighted by Crippen LogP contribution is 2.29. The molecular formula is C14H21ClN2O. The molecule has 0 aliphatic carbocycles. The summed E-state index contributed by atoms with van der Waals surface area (Å²) in [4.78, 5) is 4.61. The number of piperidine rings is 1. The van der Waals surface area contributed by atoms with E-state index in [4.69, 9.17) is 11.6 Å². The fraction of sp³-hybridized carbons (Fsp3) is 0.571. The van der Waals surface area contributed by atoms with Crippen molar-refractivity contribution in [2.75, 3.05) is 32.1 Å². The summed E-state index contributed by atoms with van der Waals surface area (Å²) in [5.41, 5.74) is 1.88. The predicted molar refractivity (Wildman–Crippen MR) is 76.3 cm³/mol. The molecule has 0 bridgehead atoms. The standard InChI is InChI=1S/C14H21ClN2O/c1-16-8-4-5-11(9-16)17(2)14-7-3-6-13(15)12(14)10-18/h3,6-7,11,18H,4-5,8-10H2,1-2H3. The van der Waals surface area contributed by atoms with Crippen LogP contribution in [-0.4, -0.2) is 43.2 Å². The molecule has 1 unspecified atom stereocenters. The van der Waals surface area contributed by atoms with E-state index in [0.29, 0.717) is 11.1 Å². The molecule has 1 heterocycles. The highest BCUT2D eigenvalue weighted by Gasteiger charge is 2.23. The second-order valence-corrected chi connectivity index (χ2v) is 5.47. The summed E-state index contributed by atoms with van der Waals surface area (Å²) in [6.07, 6.45) is 2.42. The van der Waals surface area contributed by atoms with Gasteiger partial charge in [-0.25, -0.2) is 0 Å². The zero-order valence-electron chi connectivity index (χ0n) is 11.1. The molecule has 0 amide bonds. The molecule has 18 heavy (non-hydrogen) atoms. The normalized spacial score (nSPS) is 21.0. The molecule has 2 rings (SSSR count). The van der Waals surface area contributed by atoms with Gasteiger partial charge in [0.15, 0.2) is 0 Å². The Morgan fingerprint density at radius 2 is 2.28 bits per heavy atom. The fourth-order valence-electron chi connectivity index (χ4n) is 2.69. The monoisotopic (exact) mass is 268 g/mol. The number of likely N-dealkylation sites (tertiary alicyclic amines) is 1. The lowest BCUT2D eigenvalue weighted by Crippen LogP contribution is -2.45. The smallest absolute Gasteiger partial charge is 0.0716 e. The van der Waals surface area contributed by atoms with Gasteiger partial charge in [-0.05, 0) is 38.6 Å². The second-order valence-electron chi connectivity index (χ2n) is 5.06. The number of nitrogens with zero attached hydrogens (tertiary/aromatic N) is 2. The average molecular weight is 269 g/mol. The third-order valence-electron chi connectivity index (χ3n) is 3.78. The Kier molecular flexibility index (Phi) is 4.49. The van der Waals surface area contributed by atoms with Crippen LogP contribution in [0.2, 0.25) is 5.02 Å². The topological polar surface area (TPSA) is 26.7 Å². The zero-order valence-corrected chi connectivity index (χ0v) is 11.8. The summed E-state index contributed by atoms with van der Waals surface area (Å²) in [7, 11) is 4.25. The maximum Gasteiger partial charge on any atom is 0.0716 e. The fourth-order valence-corrected chi connectivity index (χ4v) is 2.92. The summed E-state index contributed by atoms with van der Waals surface area (Å²) in [6, 6.07) is 6.30. The van der Waals surface area contributed by atoms with Crippen molar-refractivity contribution in [2.45, 2.75) is 25.5 Å². The molecule has 1 aliphatic rings. The van der Waals surface area contributed by atoms with Gasteiger partial charge in [0.2, 0.25) is 0 Å². The van der Waals surface area contributed by atoms with Crippen molar-refractivity contribution >= 4 is 17.3 Å². The molecule has 1 aliphatic heterocycles. The molecule has 1 N–H and O–H groups in total. The van der Waals surface area contributed by atoms with E-state index in [2.05, 4.69) is 23.9 Å². The summed E-state index contributed by atoms with van der Waals surface area (Å²) < 4.78 is 0. The molecule has 1 aromatic rings. The van der Waals surface area contributed by atoms with Gasteiger partial charge < -0.3 is 14.9 Å². The summed E-state index contributed by atoms with van der Waals surface area (Å²) in [6.45, 7) is 2.22. The molecule has 3 nitrogen and oxygen atoms in total. The number of aliphatic hydroxyl groups excluding tert-OH is 1. The Labute approximate surface area is 114 Å². The van der Waals surface area contributed by atoms with Crippen LogP contribution in [0.4, 0.5) is 5.69 Å². The second kappa shape index (κ2) is 5.91. The van der Waals surface area contributed by atoms with Crippen molar-refractivity contribution in [3.8, 4) is 0 Å². The van der Waals surface area contributed by atoms with E-state index in [1.54, 1.807) is 0 Å². The highest BCUT2D eigenvalue weighted by molar-refractivity contribution is 6.31. The van der Waals surface area contributed by atoms with Gasteiger partial charge in [-0.2, -0.15) is 0 Å². The molecule has 1 saturated heterocycles. The molecule has 0 radical (unpaired) electrons. The number of hydrogen-bond donors (Lipinski definition) is 1. The number of benzene rings is 1. The largest absolute Gasteiger partial charge is 0.392 e. The van der Waals surface area contributed by atoms with E-state index in [1.807, 2.05) is 18.2 Å². The maximum absolute atomic E-state index is 9.48. The van der Waals surface area contributed by atoms with Gasteiger partial charge in [0.25, 0.3) is 0 Å². The van der Waals surface area contributed by atoms with E-state index in [-0.39, 0.29) is 6.61 Å². The van der Waals surface area contributed by atoms with Gasteiger partial charge in [-0.15, -0.1) is 0 Å². The van der Waals surface area contributed by atoms with Crippen LogP contribution in [0.25, 0.3) is 0 Å². The van der Waals surface area contributed by atoms with Crippen molar-refractivity contribution in [3.63, 3.8) is 0 Å². The SMILES string of the molecule is CN1CCCC(N(C)c2cccc(Cl)c2CO)C1. The van der Waals surface area contributed by atoms with E-state index in [0.717, 1.165) is 17.8 Å². The molecule has 1 atom stereocenters. The molecular weight excluding hydrogens is 248 g/mol. The average Bonchev–Trinajstić information content (AvgIpc) is 2.37. The van der Waals surface area contributed by atoms with Crippen LogP contribution in [0.15, 0.2) is 18.2 Å². The van der Waals surface area contributed by atoms with Crippen LogP contribution in [0.3, 0.4) is 0 Å². The molecule has 0 spiro atoms. The first kappa shape index (κ1) is 13.7. The van der Waals surface area contributed by atoms with Crippen LogP contribution in [0.1, 0.15) is 18.4 Å². The molecule has 1 aromatic carbocycles. The van der Waals surface area contributed by atoms with Crippen LogP contribution < -0.4 is 4.90 Å². The summed E-state index contributed by atoms with van der Waals surface area (Å²) >= 11 is 6.14. The quantitative estimate of drug-likeness (QED) is 0.912. The Balaban J connectivity index is 2.22. The van der Waals surface area contributed by atoms with Crippen LogP contribution >= 0.6 is 11.6 Å². The van der Waals surface area contributed by atoms with Gasteiger partial charge >= 0.3 is 0 Å². The van der Waals surface area contributed by atoms with E-state index >= 15 is 0 Å². The van der Waals surface area contributed by atoms with Crippen molar-refractivity contribution < 1.29 is 5.11 Å². The molecule has 100 valence electrons. The number of aliphatic hydroxyl groups is 1. The van der Waals surface area contributed by atoms with Gasteiger partial charge in [-0.1, -0.05) is 17.7 Å². The minimum Gasteiger partial charge on any atom is -0.392 e. The number of halogens is 1. The van der Waals surface area contributed by atoms with Crippen molar-refractivity contribution in [1.82, 2.24) is 4.90 Å². The van der Waals surface area contributed by atoms with Crippen molar-refractivity contribution in [3.05, 3.63) is 28.8 Å². The summed E-state index contributed by atoms with van der Waals surface area (Å²) in [5.74, 6) is 0. The van der Waals surface area contributed by atoms with Crippen LogP contribution in [-0.2, 0) is 6.61 Å². The Morgan fingerprint density at radius 1 is 1.50 bits per heavy atom. The van der Waals surface area contributed by atoms with Crippen LogP contribution in [0.5, 0.6) is 0 Å². The maximum atomic E-state index is 9.48. The zero-order chi connectivity index (χ0) is 13.1. The lowest BCUT2D eigenvalue weighted by atomic mass is 10.0. The molecule has 4 heteroatoms. The first-order valence-corrected chi connectivity index (χ1v) is 6.81. The van der Waals surface area contributed by atoms with Gasteiger partial charge in [-0.3, -0.25) is 0 Å². The Morgan fingerprint density at radius 3 is 2.94 bits per heavy atom. The lowest BCUT2D eigenvalue weighted by molar-refractivity contribution is 0.246. The number of anilines is 1. The van der Waals surface area contributed by atoms with Gasteiger partial charge in [0, 0.05) is 35.9 Å². The van der Waals surface area contributed by atoms with Crippen molar-refractivity contribution in [1.29, 1.82) is 0 Å². The Bertz CT molecular complexity index is 411. The van der Waals surface area contributed by atoms with Gasteiger partial charge in [0.05, 0.1) is 6.61 Å².